The summed E-state index contributed by atoms with van der Waals surface area (Å²) in [5, 5.41) is 0. The summed E-state index contributed by atoms with van der Waals surface area (Å²) in [5.41, 5.74) is 7.12. The van der Waals surface area contributed by atoms with Gasteiger partial charge >= 0.3 is 8.25 Å². The van der Waals surface area contributed by atoms with E-state index in [9.17, 15) is 4.57 Å². The van der Waals surface area contributed by atoms with Crippen LogP contribution in [0, 0.1) is 5.92 Å². The third-order valence-corrected chi connectivity index (χ3v) is 4.15. The van der Waals surface area contributed by atoms with Gasteiger partial charge in [-0.3, -0.25) is 4.57 Å². The van der Waals surface area contributed by atoms with Crippen LogP contribution < -0.4 is 5.73 Å². The fourth-order valence-electron chi connectivity index (χ4n) is 2.78. The van der Waals surface area contributed by atoms with Crippen LogP contribution in [0.5, 0.6) is 0 Å². The minimum Gasteiger partial charge on any atom is -0.382 e. The van der Waals surface area contributed by atoms with E-state index in [4.69, 9.17) is 15.2 Å². The number of nitrogens with two attached hydrogens (primary N) is 1. The van der Waals surface area contributed by atoms with Crippen LogP contribution in [0.3, 0.4) is 0 Å². The highest BCUT2D eigenvalue weighted by Crippen LogP contribution is 2.37. The fraction of sp³-hybridized carbons (Fsp3) is 0.545. The lowest BCUT2D eigenvalue weighted by Crippen LogP contribution is -2.07. The topological polar surface area (TPSA) is 116 Å². The third kappa shape index (κ3) is 2.54. The summed E-state index contributed by atoms with van der Waals surface area (Å²) in [5.74, 6) is 0.670. The van der Waals surface area contributed by atoms with Crippen molar-refractivity contribution in [2.75, 3.05) is 12.3 Å². The molecule has 0 spiro atoms. The smallest absolute Gasteiger partial charge is 0.316 e. The van der Waals surface area contributed by atoms with Crippen LogP contribution in [0.15, 0.2) is 12.7 Å². The Morgan fingerprint density at radius 1 is 1.45 bits per heavy atom. The van der Waals surface area contributed by atoms with E-state index in [2.05, 4.69) is 15.0 Å². The number of hydrogen-bond donors (Lipinski definition) is 2. The lowest BCUT2D eigenvalue weighted by molar-refractivity contribution is 0.230. The average molecular weight is 297 g/mol. The molecule has 2 aromatic heterocycles. The number of rotatable bonds is 4. The van der Waals surface area contributed by atoms with Crippen LogP contribution in [0.1, 0.15) is 25.3 Å². The SMILES string of the molecule is Nc1ncnc2c1ncn2[C@H]1CC[C@@H](CO[PH](=O)O)C1. The van der Waals surface area contributed by atoms with Gasteiger partial charge < -0.3 is 19.7 Å². The third-order valence-electron chi connectivity index (χ3n) is 3.74. The summed E-state index contributed by atoms with van der Waals surface area (Å²) < 4.78 is 17.4. The van der Waals surface area contributed by atoms with Crippen molar-refractivity contribution >= 4 is 25.2 Å². The van der Waals surface area contributed by atoms with Crippen LogP contribution in [-0.2, 0) is 9.09 Å². The van der Waals surface area contributed by atoms with Gasteiger partial charge in [-0.05, 0) is 25.2 Å². The highest BCUT2D eigenvalue weighted by Gasteiger charge is 2.28. The van der Waals surface area contributed by atoms with Gasteiger partial charge in [0, 0.05) is 6.04 Å². The average Bonchev–Trinajstić information content (AvgIpc) is 3.02. The Morgan fingerprint density at radius 2 is 2.30 bits per heavy atom. The maximum absolute atomic E-state index is 10.6. The molecule has 3 rings (SSSR count). The zero-order chi connectivity index (χ0) is 14.1. The van der Waals surface area contributed by atoms with Gasteiger partial charge in [0.15, 0.2) is 11.5 Å². The molecule has 0 bridgehead atoms. The van der Waals surface area contributed by atoms with Crippen LogP contribution in [-0.4, -0.2) is 31.0 Å². The lowest BCUT2D eigenvalue weighted by atomic mass is 10.1. The zero-order valence-electron chi connectivity index (χ0n) is 10.8. The Balaban J connectivity index is 1.76. The number of fused-ring (bicyclic) bond motifs is 1. The van der Waals surface area contributed by atoms with Crippen molar-refractivity contribution < 1.29 is 14.0 Å². The molecule has 20 heavy (non-hydrogen) atoms. The molecule has 2 aromatic rings. The summed E-state index contributed by atoms with van der Waals surface area (Å²) in [6.07, 6.45) is 5.97. The summed E-state index contributed by atoms with van der Waals surface area (Å²) in [6, 6.07) is 0.268. The molecule has 8 nitrogen and oxygen atoms in total. The first-order valence-corrected chi connectivity index (χ1v) is 7.70. The van der Waals surface area contributed by atoms with Crippen LogP contribution >= 0.6 is 8.25 Å². The molecule has 0 radical (unpaired) electrons. The van der Waals surface area contributed by atoms with Crippen molar-refractivity contribution in [2.45, 2.75) is 25.3 Å². The molecule has 108 valence electrons. The standard InChI is InChI=1S/C11H16N5O3P/c12-10-9-11(14-5-13-10)16(6-15-9)8-2-1-7(3-8)4-19-20(17)18/h5-8,20H,1-4H2,(H,17,18)(H2,12,13,14)/t7-,8+/m1/s1. The van der Waals surface area contributed by atoms with Crippen molar-refractivity contribution in [2.24, 2.45) is 5.92 Å². The van der Waals surface area contributed by atoms with Gasteiger partial charge in [0.05, 0.1) is 12.9 Å². The summed E-state index contributed by atoms with van der Waals surface area (Å²) in [4.78, 5) is 21.1. The number of hydrogen-bond acceptors (Lipinski definition) is 6. The number of nitrogen functional groups attached to an aromatic ring is 1. The first kappa shape index (κ1) is 13.5. The van der Waals surface area contributed by atoms with E-state index < -0.39 is 8.25 Å². The summed E-state index contributed by atoms with van der Waals surface area (Å²) in [6.45, 7) is 0.328. The summed E-state index contributed by atoms with van der Waals surface area (Å²) in [7, 11) is -2.84. The van der Waals surface area contributed by atoms with E-state index in [1.54, 1.807) is 6.33 Å². The lowest BCUT2D eigenvalue weighted by Gasteiger charge is -2.13. The Bertz CT molecular complexity index is 646. The van der Waals surface area contributed by atoms with E-state index in [1.807, 2.05) is 4.57 Å². The van der Waals surface area contributed by atoms with Gasteiger partial charge in [0.25, 0.3) is 0 Å². The minimum atomic E-state index is -2.84. The molecule has 2 heterocycles. The van der Waals surface area contributed by atoms with Crippen molar-refractivity contribution in [1.82, 2.24) is 19.5 Å². The molecule has 3 atom stereocenters. The Hall–Kier alpha value is -1.50. The molecule has 0 aromatic carbocycles. The van der Waals surface area contributed by atoms with E-state index in [0.717, 1.165) is 24.9 Å². The number of aromatic nitrogens is 4. The maximum Gasteiger partial charge on any atom is 0.316 e. The van der Waals surface area contributed by atoms with Gasteiger partial charge in [-0.2, -0.15) is 0 Å². The predicted molar refractivity (Wildman–Crippen MR) is 73.3 cm³/mol. The normalized spacial score (nSPS) is 24.2. The van der Waals surface area contributed by atoms with E-state index in [1.165, 1.54) is 6.33 Å². The monoisotopic (exact) mass is 297 g/mol. The summed E-state index contributed by atoms with van der Waals surface area (Å²) >= 11 is 0. The van der Waals surface area contributed by atoms with E-state index in [-0.39, 0.29) is 12.0 Å². The van der Waals surface area contributed by atoms with Gasteiger partial charge in [0.1, 0.15) is 11.8 Å². The minimum absolute atomic E-state index is 0.268. The van der Waals surface area contributed by atoms with Crippen LogP contribution in [0.4, 0.5) is 5.82 Å². The van der Waals surface area contributed by atoms with Gasteiger partial charge in [0.2, 0.25) is 0 Å². The van der Waals surface area contributed by atoms with Crippen LogP contribution in [0.2, 0.25) is 0 Å². The Morgan fingerprint density at radius 3 is 3.10 bits per heavy atom. The number of nitrogens with zero attached hydrogens (tertiary/aromatic N) is 4. The van der Waals surface area contributed by atoms with E-state index in [0.29, 0.717) is 17.9 Å². The molecule has 1 aliphatic carbocycles. The molecule has 9 heteroatoms. The van der Waals surface area contributed by atoms with Crippen molar-refractivity contribution in [3.8, 4) is 0 Å². The number of anilines is 1. The van der Waals surface area contributed by atoms with Crippen molar-refractivity contribution in [3.63, 3.8) is 0 Å². The van der Waals surface area contributed by atoms with Gasteiger partial charge in [-0.15, -0.1) is 0 Å². The van der Waals surface area contributed by atoms with Crippen molar-refractivity contribution in [1.29, 1.82) is 0 Å². The first-order chi connectivity index (χ1) is 9.65. The molecule has 3 N–H and O–H groups in total. The second-order valence-electron chi connectivity index (χ2n) is 4.99. The largest absolute Gasteiger partial charge is 0.382 e. The molecular formula is C11H16N5O3P. The maximum atomic E-state index is 10.6. The molecule has 0 amide bonds. The first-order valence-electron chi connectivity index (χ1n) is 6.44. The highest BCUT2D eigenvalue weighted by atomic mass is 31.1. The van der Waals surface area contributed by atoms with Crippen molar-refractivity contribution in [3.05, 3.63) is 12.7 Å². The molecular weight excluding hydrogens is 281 g/mol. The zero-order valence-corrected chi connectivity index (χ0v) is 11.8. The fourth-order valence-corrected chi connectivity index (χ4v) is 3.16. The Labute approximate surface area is 116 Å². The molecule has 0 saturated heterocycles. The Kier molecular flexibility index (Phi) is 3.69. The molecule has 1 saturated carbocycles. The molecule has 0 aliphatic heterocycles. The second-order valence-corrected chi connectivity index (χ2v) is 5.81. The molecule has 1 fully saturated rings. The molecule has 1 aliphatic rings. The highest BCUT2D eigenvalue weighted by molar-refractivity contribution is 7.32. The number of imidazole rings is 1. The van der Waals surface area contributed by atoms with Crippen LogP contribution in [0.25, 0.3) is 11.2 Å². The predicted octanol–water partition coefficient (Wildman–Crippen LogP) is 1.15. The van der Waals surface area contributed by atoms with Gasteiger partial charge in [-0.1, -0.05) is 0 Å². The second kappa shape index (κ2) is 5.47. The van der Waals surface area contributed by atoms with Gasteiger partial charge in [-0.25, -0.2) is 15.0 Å². The van der Waals surface area contributed by atoms with E-state index >= 15 is 0 Å². The molecule has 1 unspecified atom stereocenters. The quantitative estimate of drug-likeness (QED) is 0.813.